The van der Waals surface area contributed by atoms with E-state index >= 15 is 0 Å². The minimum Gasteiger partial charge on any atom is -0.493 e. The molecular formula is C19H23NO4. The molecule has 0 saturated carbocycles. The maximum absolute atomic E-state index is 12.6. The number of amides is 1. The van der Waals surface area contributed by atoms with Gasteiger partial charge in [0.1, 0.15) is 0 Å². The van der Waals surface area contributed by atoms with Crippen molar-refractivity contribution in [1.29, 1.82) is 0 Å². The molecule has 1 amide bonds. The van der Waals surface area contributed by atoms with Crippen LogP contribution in [-0.2, 0) is 0 Å². The molecule has 0 unspecified atom stereocenters. The van der Waals surface area contributed by atoms with Crippen LogP contribution in [0.3, 0.4) is 0 Å². The smallest absolute Gasteiger partial charge is 0.290 e. The molecule has 24 heavy (non-hydrogen) atoms. The molecule has 128 valence electrons. The number of likely N-dealkylation sites (tertiary alicyclic amines) is 1. The molecule has 1 aliphatic rings. The number of methoxy groups -OCH3 is 1. The van der Waals surface area contributed by atoms with Gasteiger partial charge in [0, 0.05) is 19.2 Å². The van der Waals surface area contributed by atoms with Crippen molar-refractivity contribution in [3.63, 3.8) is 0 Å². The second-order valence-corrected chi connectivity index (χ2v) is 6.53. The first kappa shape index (κ1) is 16.4. The second-order valence-electron chi connectivity index (χ2n) is 6.53. The number of piperidine rings is 1. The minimum atomic E-state index is -0.0803. The molecule has 2 atom stereocenters. The Balaban J connectivity index is 1.72. The molecule has 1 aromatic carbocycles. The third-order valence-electron chi connectivity index (χ3n) is 4.23. The summed E-state index contributed by atoms with van der Waals surface area (Å²) in [5, 5.41) is 0. The summed E-state index contributed by atoms with van der Waals surface area (Å²) < 4.78 is 16.6. The van der Waals surface area contributed by atoms with Crippen LogP contribution in [0.1, 0.15) is 30.8 Å². The normalized spacial score (nSPS) is 20.7. The molecule has 1 aromatic heterocycles. The lowest BCUT2D eigenvalue weighted by molar-refractivity contribution is 0.0587. The van der Waals surface area contributed by atoms with Crippen LogP contribution in [0.2, 0.25) is 0 Å². The fourth-order valence-electron chi connectivity index (χ4n) is 3.29. The highest BCUT2D eigenvalue weighted by Crippen LogP contribution is 2.32. The fraction of sp³-hybridized carbons (Fsp3) is 0.421. The van der Waals surface area contributed by atoms with Crippen LogP contribution in [0.4, 0.5) is 0 Å². The van der Waals surface area contributed by atoms with E-state index in [0.717, 1.165) is 19.5 Å². The zero-order chi connectivity index (χ0) is 17.1. The number of rotatable bonds is 4. The highest BCUT2D eigenvalue weighted by atomic mass is 16.6. The van der Waals surface area contributed by atoms with Gasteiger partial charge in [0.2, 0.25) is 0 Å². The quantitative estimate of drug-likeness (QED) is 0.843. The van der Waals surface area contributed by atoms with Crippen LogP contribution in [0.15, 0.2) is 40.8 Å². The standard InChI is InChI=1S/C19H23NO4/c1-13-10-14(2)12-20(11-13)19(21)17-8-9-18(24-17)23-16-7-5-4-6-15(16)22-3/h4-9,13-14H,10-12H2,1-3H3/t13-,14+. The Morgan fingerprint density at radius 2 is 1.75 bits per heavy atom. The molecule has 5 nitrogen and oxygen atoms in total. The maximum atomic E-state index is 12.6. The van der Waals surface area contributed by atoms with Crippen LogP contribution in [0.5, 0.6) is 17.4 Å². The van der Waals surface area contributed by atoms with E-state index in [2.05, 4.69) is 13.8 Å². The Labute approximate surface area is 142 Å². The van der Waals surface area contributed by atoms with Crippen molar-refractivity contribution < 1.29 is 18.7 Å². The monoisotopic (exact) mass is 329 g/mol. The number of carbonyl (C=O) groups is 1. The highest BCUT2D eigenvalue weighted by Gasteiger charge is 2.28. The summed E-state index contributed by atoms with van der Waals surface area (Å²) in [6.07, 6.45) is 1.16. The number of para-hydroxylation sites is 2. The predicted molar refractivity (Wildman–Crippen MR) is 90.6 cm³/mol. The van der Waals surface area contributed by atoms with Gasteiger partial charge < -0.3 is 18.8 Å². The first-order valence-corrected chi connectivity index (χ1v) is 8.26. The predicted octanol–water partition coefficient (Wildman–Crippen LogP) is 4.20. The topological polar surface area (TPSA) is 51.9 Å². The van der Waals surface area contributed by atoms with Gasteiger partial charge in [-0.15, -0.1) is 0 Å². The Morgan fingerprint density at radius 3 is 2.42 bits per heavy atom. The molecule has 2 aromatic rings. The zero-order valence-corrected chi connectivity index (χ0v) is 14.3. The van der Waals surface area contributed by atoms with Gasteiger partial charge in [-0.1, -0.05) is 26.0 Å². The van der Waals surface area contributed by atoms with Gasteiger partial charge in [0.15, 0.2) is 17.3 Å². The average Bonchev–Trinajstić information content (AvgIpc) is 3.02. The number of benzene rings is 1. The van der Waals surface area contributed by atoms with E-state index in [4.69, 9.17) is 13.9 Å². The first-order chi connectivity index (χ1) is 11.6. The summed E-state index contributed by atoms with van der Waals surface area (Å²) >= 11 is 0. The van der Waals surface area contributed by atoms with E-state index in [-0.39, 0.29) is 11.9 Å². The van der Waals surface area contributed by atoms with Crippen molar-refractivity contribution in [3.8, 4) is 17.4 Å². The van der Waals surface area contributed by atoms with E-state index in [1.54, 1.807) is 31.4 Å². The number of carbonyl (C=O) groups excluding carboxylic acids is 1. The van der Waals surface area contributed by atoms with Crippen LogP contribution < -0.4 is 9.47 Å². The molecule has 0 spiro atoms. The highest BCUT2D eigenvalue weighted by molar-refractivity contribution is 5.91. The number of furan rings is 1. The van der Waals surface area contributed by atoms with E-state index in [9.17, 15) is 4.79 Å². The summed E-state index contributed by atoms with van der Waals surface area (Å²) in [7, 11) is 1.58. The largest absolute Gasteiger partial charge is 0.493 e. The van der Waals surface area contributed by atoms with Crippen LogP contribution in [0, 0.1) is 11.8 Å². The Kier molecular flexibility index (Phi) is 4.79. The van der Waals surface area contributed by atoms with Gasteiger partial charge in [-0.25, -0.2) is 0 Å². The summed E-state index contributed by atoms with van der Waals surface area (Å²) in [4.78, 5) is 14.5. The van der Waals surface area contributed by atoms with Crippen molar-refractivity contribution in [1.82, 2.24) is 4.90 Å². The second kappa shape index (κ2) is 6.99. The Bertz CT molecular complexity index is 699. The van der Waals surface area contributed by atoms with Crippen molar-refractivity contribution in [3.05, 3.63) is 42.2 Å². The average molecular weight is 329 g/mol. The lowest BCUT2D eigenvalue weighted by atomic mass is 9.92. The maximum Gasteiger partial charge on any atom is 0.290 e. The molecule has 0 aliphatic carbocycles. The lowest BCUT2D eigenvalue weighted by Gasteiger charge is -2.34. The number of nitrogens with zero attached hydrogens (tertiary/aromatic N) is 1. The summed E-state index contributed by atoms with van der Waals surface area (Å²) in [6.45, 7) is 5.89. The van der Waals surface area contributed by atoms with Crippen LogP contribution >= 0.6 is 0 Å². The van der Waals surface area contributed by atoms with E-state index in [0.29, 0.717) is 29.1 Å². The Morgan fingerprint density at radius 1 is 1.08 bits per heavy atom. The molecule has 1 saturated heterocycles. The molecule has 3 rings (SSSR count). The summed E-state index contributed by atoms with van der Waals surface area (Å²) in [6, 6.07) is 10.6. The number of hydrogen-bond acceptors (Lipinski definition) is 4. The van der Waals surface area contributed by atoms with Gasteiger partial charge in [0.05, 0.1) is 7.11 Å². The van der Waals surface area contributed by atoms with Crippen molar-refractivity contribution >= 4 is 5.91 Å². The molecular weight excluding hydrogens is 306 g/mol. The van der Waals surface area contributed by atoms with E-state index in [1.165, 1.54) is 0 Å². The van der Waals surface area contributed by atoms with E-state index in [1.807, 2.05) is 17.0 Å². The summed E-state index contributed by atoms with van der Waals surface area (Å²) in [5.41, 5.74) is 0. The van der Waals surface area contributed by atoms with Crippen LogP contribution in [0.25, 0.3) is 0 Å². The van der Waals surface area contributed by atoms with Gasteiger partial charge in [-0.3, -0.25) is 4.79 Å². The summed E-state index contributed by atoms with van der Waals surface area (Å²) in [5.74, 6) is 2.69. The molecule has 0 N–H and O–H groups in total. The van der Waals surface area contributed by atoms with Gasteiger partial charge in [-0.2, -0.15) is 0 Å². The lowest BCUT2D eigenvalue weighted by Crippen LogP contribution is -2.42. The molecule has 5 heteroatoms. The number of hydrogen-bond donors (Lipinski definition) is 0. The molecule has 1 aliphatic heterocycles. The first-order valence-electron chi connectivity index (χ1n) is 8.26. The van der Waals surface area contributed by atoms with Gasteiger partial charge >= 0.3 is 0 Å². The van der Waals surface area contributed by atoms with Crippen molar-refractivity contribution in [2.75, 3.05) is 20.2 Å². The SMILES string of the molecule is COc1ccccc1Oc1ccc(C(=O)N2C[C@H](C)C[C@H](C)C2)o1. The fourth-order valence-corrected chi connectivity index (χ4v) is 3.29. The van der Waals surface area contributed by atoms with Gasteiger partial charge in [-0.05, 0) is 36.5 Å². The third-order valence-corrected chi connectivity index (χ3v) is 4.23. The molecule has 2 heterocycles. The Hall–Kier alpha value is -2.43. The molecule has 0 bridgehead atoms. The molecule has 1 fully saturated rings. The number of ether oxygens (including phenoxy) is 2. The third kappa shape index (κ3) is 3.55. The van der Waals surface area contributed by atoms with Crippen LogP contribution in [-0.4, -0.2) is 31.0 Å². The van der Waals surface area contributed by atoms with E-state index < -0.39 is 0 Å². The zero-order valence-electron chi connectivity index (χ0n) is 14.3. The molecule has 0 radical (unpaired) electrons. The van der Waals surface area contributed by atoms with Gasteiger partial charge in [0.25, 0.3) is 11.9 Å². The van der Waals surface area contributed by atoms with Crippen molar-refractivity contribution in [2.24, 2.45) is 11.8 Å². The minimum absolute atomic E-state index is 0.0803. The van der Waals surface area contributed by atoms with Crippen molar-refractivity contribution in [2.45, 2.75) is 20.3 Å².